The van der Waals surface area contributed by atoms with E-state index in [2.05, 4.69) is 5.32 Å². The number of carbonyl (C=O) groups excluding carboxylic acids is 2. The van der Waals surface area contributed by atoms with E-state index in [1.54, 1.807) is 11.8 Å². The Labute approximate surface area is 187 Å². The van der Waals surface area contributed by atoms with Crippen LogP contribution in [0.3, 0.4) is 0 Å². The number of rotatable bonds is 9. The van der Waals surface area contributed by atoms with Gasteiger partial charge in [0, 0.05) is 29.4 Å². The first kappa shape index (κ1) is 23.3. The monoisotopic (exact) mass is 462 g/mol. The second-order valence-corrected chi connectivity index (χ2v) is 10.2. The largest absolute Gasteiger partial charge is 0.456 e. The lowest BCUT2D eigenvalue weighted by atomic mass is 10.2. The number of nitrogens with zero attached hydrogens (tertiary/aromatic N) is 1. The number of hydrogen-bond donors (Lipinski definition) is 1. The smallest absolute Gasteiger partial charge is 0.307 e. The highest BCUT2D eigenvalue weighted by Crippen LogP contribution is 2.22. The number of nitrogens with one attached hydrogen (secondary N) is 1. The molecule has 7 nitrogen and oxygen atoms in total. The van der Waals surface area contributed by atoms with Crippen LogP contribution in [0.2, 0.25) is 0 Å². The van der Waals surface area contributed by atoms with E-state index in [0.717, 1.165) is 24.2 Å². The average Bonchev–Trinajstić information content (AvgIpc) is 2.79. The highest BCUT2D eigenvalue weighted by molar-refractivity contribution is 7.99. The van der Waals surface area contributed by atoms with E-state index < -0.39 is 21.9 Å². The molecule has 1 fully saturated rings. The number of thioether (sulfide) groups is 1. The quantitative estimate of drug-likeness (QED) is 0.453. The minimum absolute atomic E-state index is 0.203. The summed E-state index contributed by atoms with van der Waals surface area (Å²) in [5.74, 6) is -0.352. The van der Waals surface area contributed by atoms with Crippen LogP contribution in [0.4, 0.5) is 5.69 Å². The SMILES string of the molecule is O=C(COC(=O)CCSc1ccccc1)Nc1ccc(S(=O)(=O)N2CCCCC2)cc1. The van der Waals surface area contributed by atoms with Crippen molar-refractivity contribution < 1.29 is 22.7 Å². The van der Waals surface area contributed by atoms with E-state index >= 15 is 0 Å². The molecule has 0 aromatic heterocycles. The standard InChI is InChI=1S/C22H26N2O5S2/c25-21(17-29-22(26)13-16-30-19-7-3-1-4-8-19)23-18-9-11-20(12-10-18)31(27,28)24-14-5-2-6-15-24/h1,3-4,7-12H,2,5-6,13-17H2,(H,23,25). The van der Waals surface area contributed by atoms with Crippen LogP contribution in [0.15, 0.2) is 64.4 Å². The molecule has 0 spiro atoms. The van der Waals surface area contributed by atoms with Gasteiger partial charge in [-0.1, -0.05) is 24.6 Å². The molecule has 1 heterocycles. The van der Waals surface area contributed by atoms with Crippen molar-refractivity contribution in [1.82, 2.24) is 4.31 Å². The van der Waals surface area contributed by atoms with E-state index in [1.807, 2.05) is 30.3 Å². The zero-order valence-corrected chi connectivity index (χ0v) is 18.8. The van der Waals surface area contributed by atoms with E-state index in [1.165, 1.54) is 28.6 Å². The molecule has 166 valence electrons. The molecular weight excluding hydrogens is 436 g/mol. The van der Waals surface area contributed by atoms with Crippen LogP contribution in [-0.4, -0.2) is 50.0 Å². The number of ether oxygens (including phenoxy) is 1. The molecule has 1 amide bonds. The number of benzene rings is 2. The third kappa shape index (κ3) is 7.09. The lowest BCUT2D eigenvalue weighted by Gasteiger charge is -2.25. The number of anilines is 1. The van der Waals surface area contributed by atoms with Crippen molar-refractivity contribution in [3.63, 3.8) is 0 Å². The maximum absolute atomic E-state index is 12.7. The molecule has 1 N–H and O–H groups in total. The summed E-state index contributed by atoms with van der Waals surface area (Å²) in [4.78, 5) is 25.1. The normalized spacial score (nSPS) is 14.7. The molecule has 1 saturated heterocycles. The fraction of sp³-hybridized carbons (Fsp3) is 0.364. The number of amides is 1. The molecule has 1 aliphatic rings. The van der Waals surface area contributed by atoms with Gasteiger partial charge in [-0.15, -0.1) is 11.8 Å². The van der Waals surface area contributed by atoms with Crippen LogP contribution >= 0.6 is 11.8 Å². The highest BCUT2D eigenvalue weighted by Gasteiger charge is 2.25. The van der Waals surface area contributed by atoms with Crippen molar-refractivity contribution in [1.29, 1.82) is 0 Å². The lowest BCUT2D eigenvalue weighted by Crippen LogP contribution is -2.35. The zero-order valence-electron chi connectivity index (χ0n) is 17.2. The summed E-state index contributed by atoms with van der Waals surface area (Å²) in [6, 6.07) is 15.7. The average molecular weight is 463 g/mol. The Morgan fingerprint density at radius 3 is 2.32 bits per heavy atom. The van der Waals surface area contributed by atoms with E-state index in [0.29, 0.717) is 24.5 Å². The molecule has 0 atom stereocenters. The molecule has 9 heteroatoms. The molecule has 0 bridgehead atoms. The van der Waals surface area contributed by atoms with Crippen LogP contribution in [0.25, 0.3) is 0 Å². The van der Waals surface area contributed by atoms with Gasteiger partial charge in [-0.2, -0.15) is 4.31 Å². The van der Waals surface area contributed by atoms with Crippen molar-refractivity contribution in [2.75, 3.05) is 30.8 Å². The number of hydrogen-bond acceptors (Lipinski definition) is 6. The Kier molecular flexibility index (Phi) is 8.51. The summed E-state index contributed by atoms with van der Waals surface area (Å²) in [5.41, 5.74) is 0.443. The summed E-state index contributed by atoms with van der Waals surface area (Å²) in [6.45, 7) is 0.689. The Bertz CT molecular complexity index is 973. The van der Waals surface area contributed by atoms with E-state index in [9.17, 15) is 18.0 Å². The van der Waals surface area contributed by atoms with Crippen molar-refractivity contribution >= 4 is 39.3 Å². The summed E-state index contributed by atoms with van der Waals surface area (Å²) >= 11 is 1.55. The number of piperidine rings is 1. The van der Waals surface area contributed by atoms with Gasteiger partial charge >= 0.3 is 5.97 Å². The van der Waals surface area contributed by atoms with Gasteiger partial charge in [-0.25, -0.2) is 8.42 Å². The van der Waals surface area contributed by atoms with Gasteiger partial charge in [-0.3, -0.25) is 9.59 Å². The molecule has 2 aromatic carbocycles. The van der Waals surface area contributed by atoms with Gasteiger partial charge in [-0.05, 0) is 49.2 Å². The number of esters is 1. The van der Waals surface area contributed by atoms with Gasteiger partial charge in [0.25, 0.3) is 5.91 Å². The Morgan fingerprint density at radius 2 is 1.65 bits per heavy atom. The first-order valence-corrected chi connectivity index (χ1v) is 12.6. The Morgan fingerprint density at radius 1 is 0.968 bits per heavy atom. The molecule has 3 rings (SSSR count). The molecule has 0 saturated carbocycles. The predicted octanol–water partition coefficient (Wildman–Crippen LogP) is 3.53. The highest BCUT2D eigenvalue weighted by atomic mass is 32.2. The maximum Gasteiger partial charge on any atom is 0.307 e. The number of sulfonamides is 1. The zero-order chi connectivity index (χ0) is 22.1. The van der Waals surface area contributed by atoms with Crippen molar-refractivity contribution in [2.45, 2.75) is 35.5 Å². The number of carbonyl (C=O) groups is 2. The van der Waals surface area contributed by atoms with Gasteiger partial charge in [0.2, 0.25) is 10.0 Å². The van der Waals surface area contributed by atoms with Gasteiger partial charge in [0.1, 0.15) is 0 Å². The first-order chi connectivity index (χ1) is 14.9. The van der Waals surface area contributed by atoms with E-state index in [-0.39, 0.29) is 17.9 Å². The fourth-order valence-corrected chi connectivity index (χ4v) is 5.52. The third-order valence-corrected chi connectivity index (χ3v) is 7.70. The Balaban J connectivity index is 1.41. The lowest BCUT2D eigenvalue weighted by molar-refractivity contribution is -0.146. The summed E-state index contributed by atoms with van der Waals surface area (Å²) in [7, 11) is -3.51. The predicted molar refractivity (Wildman–Crippen MR) is 120 cm³/mol. The van der Waals surface area contributed by atoms with Crippen LogP contribution in [0.5, 0.6) is 0 Å². The molecule has 0 aliphatic carbocycles. The second-order valence-electron chi connectivity index (χ2n) is 7.11. The minimum atomic E-state index is -3.51. The fourth-order valence-electron chi connectivity index (χ4n) is 3.15. The first-order valence-electron chi connectivity index (χ1n) is 10.2. The van der Waals surface area contributed by atoms with Crippen molar-refractivity contribution in [3.8, 4) is 0 Å². The molecule has 0 unspecified atom stereocenters. The van der Waals surface area contributed by atoms with Gasteiger partial charge < -0.3 is 10.1 Å². The summed E-state index contributed by atoms with van der Waals surface area (Å²) < 4.78 is 31.8. The topological polar surface area (TPSA) is 92.8 Å². The Hall–Kier alpha value is -2.36. The van der Waals surface area contributed by atoms with Gasteiger partial charge in [0.05, 0.1) is 11.3 Å². The molecule has 2 aromatic rings. The molecule has 31 heavy (non-hydrogen) atoms. The van der Waals surface area contributed by atoms with Gasteiger partial charge in [0.15, 0.2) is 6.61 Å². The third-order valence-electron chi connectivity index (χ3n) is 4.77. The van der Waals surface area contributed by atoms with E-state index in [4.69, 9.17) is 4.74 Å². The molecule has 1 aliphatic heterocycles. The summed E-state index contributed by atoms with van der Waals surface area (Å²) in [5, 5.41) is 2.61. The van der Waals surface area contributed by atoms with Crippen LogP contribution in [-0.2, 0) is 24.3 Å². The van der Waals surface area contributed by atoms with Crippen LogP contribution in [0, 0.1) is 0 Å². The summed E-state index contributed by atoms with van der Waals surface area (Å²) in [6.07, 6.45) is 3.00. The second kappa shape index (κ2) is 11.3. The van der Waals surface area contributed by atoms with Crippen molar-refractivity contribution in [3.05, 3.63) is 54.6 Å². The molecule has 0 radical (unpaired) electrons. The van der Waals surface area contributed by atoms with Crippen LogP contribution < -0.4 is 5.32 Å². The molecular formula is C22H26N2O5S2. The minimum Gasteiger partial charge on any atom is -0.456 e. The maximum atomic E-state index is 12.7. The van der Waals surface area contributed by atoms with Crippen molar-refractivity contribution in [2.24, 2.45) is 0 Å². The van der Waals surface area contributed by atoms with Crippen LogP contribution in [0.1, 0.15) is 25.7 Å².